The fourth-order valence-electron chi connectivity index (χ4n) is 2.71. The summed E-state index contributed by atoms with van der Waals surface area (Å²) in [4.78, 5) is 7.14. The molecular formula is C16H26N2O. The van der Waals surface area contributed by atoms with Gasteiger partial charge in [0.25, 0.3) is 0 Å². The third-order valence-electron chi connectivity index (χ3n) is 4.18. The first kappa shape index (κ1) is 14.3. The van der Waals surface area contributed by atoms with E-state index in [9.17, 15) is 5.11 Å². The Hall–Kier alpha value is -1.09. The summed E-state index contributed by atoms with van der Waals surface area (Å²) in [5, 5.41) is 9.40. The number of anilines is 1. The maximum atomic E-state index is 9.40. The Labute approximate surface area is 116 Å². The molecule has 0 spiro atoms. The van der Waals surface area contributed by atoms with Crippen LogP contribution in [0.1, 0.15) is 57.2 Å². The Morgan fingerprint density at radius 2 is 2.00 bits per heavy atom. The minimum Gasteiger partial charge on any atom is -0.392 e. The van der Waals surface area contributed by atoms with Gasteiger partial charge in [-0.05, 0) is 42.4 Å². The molecule has 0 saturated carbocycles. The van der Waals surface area contributed by atoms with Gasteiger partial charge in [-0.25, -0.2) is 4.98 Å². The van der Waals surface area contributed by atoms with Gasteiger partial charge in [0.2, 0.25) is 0 Å². The Morgan fingerprint density at radius 3 is 2.53 bits per heavy atom. The third-order valence-corrected chi connectivity index (χ3v) is 4.18. The van der Waals surface area contributed by atoms with E-state index < -0.39 is 0 Å². The molecule has 106 valence electrons. The van der Waals surface area contributed by atoms with Crippen molar-refractivity contribution in [2.45, 2.75) is 52.6 Å². The summed E-state index contributed by atoms with van der Waals surface area (Å²) in [7, 11) is 0. The third kappa shape index (κ3) is 3.47. The van der Waals surface area contributed by atoms with E-state index in [-0.39, 0.29) is 6.61 Å². The van der Waals surface area contributed by atoms with Gasteiger partial charge in [-0.15, -0.1) is 0 Å². The number of rotatable bonds is 4. The second-order valence-corrected chi connectivity index (χ2v) is 5.91. The van der Waals surface area contributed by atoms with Crippen molar-refractivity contribution in [3.8, 4) is 0 Å². The molecule has 2 rings (SSSR count). The molecule has 1 aromatic heterocycles. The second-order valence-electron chi connectivity index (χ2n) is 5.91. The molecule has 1 aromatic rings. The van der Waals surface area contributed by atoms with Crippen LogP contribution in [0.5, 0.6) is 0 Å². The molecule has 2 heterocycles. The van der Waals surface area contributed by atoms with Crippen LogP contribution in [0.25, 0.3) is 0 Å². The normalized spacial score (nSPS) is 17.2. The molecule has 1 aliphatic rings. The number of hydrogen-bond acceptors (Lipinski definition) is 3. The number of aliphatic hydroxyl groups excluding tert-OH is 1. The predicted molar refractivity (Wildman–Crippen MR) is 79.5 cm³/mol. The van der Waals surface area contributed by atoms with E-state index in [1.165, 1.54) is 19.3 Å². The molecule has 0 aromatic carbocycles. The molecule has 1 saturated heterocycles. The van der Waals surface area contributed by atoms with E-state index in [1.807, 2.05) is 12.1 Å². The molecule has 0 aliphatic carbocycles. The van der Waals surface area contributed by atoms with E-state index in [2.05, 4.69) is 25.7 Å². The fourth-order valence-corrected chi connectivity index (χ4v) is 2.71. The number of aliphatic hydroxyl groups is 1. The van der Waals surface area contributed by atoms with Gasteiger partial charge in [-0.3, -0.25) is 0 Å². The van der Waals surface area contributed by atoms with Crippen molar-refractivity contribution < 1.29 is 5.11 Å². The molecule has 3 heteroatoms. The topological polar surface area (TPSA) is 36.4 Å². The average molecular weight is 262 g/mol. The van der Waals surface area contributed by atoms with Gasteiger partial charge in [0, 0.05) is 18.8 Å². The molecule has 1 aliphatic heterocycles. The van der Waals surface area contributed by atoms with Crippen LogP contribution in [0.15, 0.2) is 12.1 Å². The van der Waals surface area contributed by atoms with Crippen LogP contribution in [0.2, 0.25) is 0 Å². The first-order valence-electron chi connectivity index (χ1n) is 7.50. The standard InChI is InChI=1S/C16H26N2O/c1-4-13-5-7-18(8-6-13)16-10-14(11-19)9-15(17-16)12(2)3/h9-10,12-13,19H,4-8,11H2,1-3H3. The summed E-state index contributed by atoms with van der Waals surface area (Å²) in [5.41, 5.74) is 2.06. The highest BCUT2D eigenvalue weighted by Gasteiger charge is 2.19. The number of hydrogen-bond donors (Lipinski definition) is 1. The van der Waals surface area contributed by atoms with Crippen LogP contribution in [0, 0.1) is 5.92 Å². The first-order chi connectivity index (χ1) is 9.13. The molecule has 0 radical (unpaired) electrons. The van der Waals surface area contributed by atoms with Crippen LogP contribution < -0.4 is 4.90 Å². The maximum Gasteiger partial charge on any atom is 0.129 e. The van der Waals surface area contributed by atoms with Gasteiger partial charge < -0.3 is 10.0 Å². The molecule has 3 nitrogen and oxygen atoms in total. The highest BCUT2D eigenvalue weighted by atomic mass is 16.3. The van der Waals surface area contributed by atoms with E-state index in [1.54, 1.807) is 0 Å². The highest BCUT2D eigenvalue weighted by molar-refractivity contribution is 5.43. The summed E-state index contributed by atoms with van der Waals surface area (Å²) < 4.78 is 0. The zero-order valence-corrected chi connectivity index (χ0v) is 12.4. The second kappa shape index (κ2) is 6.38. The van der Waals surface area contributed by atoms with Crippen LogP contribution >= 0.6 is 0 Å². The molecule has 0 bridgehead atoms. The Kier molecular flexibility index (Phi) is 4.81. The Balaban J connectivity index is 2.17. The summed E-state index contributed by atoms with van der Waals surface area (Å²) in [6, 6.07) is 4.06. The Morgan fingerprint density at radius 1 is 1.32 bits per heavy atom. The zero-order valence-electron chi connectivity index (χ0n) is 12.4. The van der Waals surface area contributed by atoms with E-state index in [4.69, 9.17) is 4.98 Å². The maximum absolute atomic E-state index is 9.40. The van der Waals surface area contributed by atoms with Crippen molar-refractivity contribution in [3.63, 3.8) is 0 Å². The van der Waals surface area contributed by atoms with Crippen molar-refractivity contribution in [1.29, 1.82) is 0 Å². The SMILES string of the molecule is CCC1CCN(c2cc(CO)cc(C(C)C)n2)CC1. The minimum atomic E-state index is 0.0979. The molecular weight excluding hydrogens is 236 g/mol. The monoisotopic (exact) mass is 262 g/mol. The molecule has 19 heavy (non-hydrogen) atoms. The van der Waals surface area contributed by atoms with Crippen molar-refractivity contribution in [1.82, 2.24) is 4.98 Å². The average Bonchev–Trinajstić information content (AvgIpc) is 2.46. The van der Waals surface area contributed by atoms with Crippen LogP contribution in [-0.4, -0.2) is 23.2 Å². The number of aromatic nitrogens is 1. The van der Waals surface area contributed by atoms with Gasteiger partial charge in [0.1, 0.15) is 5.82 Å². The summed E-state index contributed by atoms with van der Waals surface area (Å²) in [5.74, 6) is 2.32. The van der Waals surface area contributed by atoms with Crippen molar-refractivity contribution >= 4 is 5.82 Å². The van der Waals surface area contributed by atoms with E-state index in [0.29, 0.717) is 5.92 Å². The molecule has 0 amide bonds. The lowest BCUT2D eigenvalue weighted by Crippen LogP contribution is -2.34. The smallest absolute Gasteiger partial charge is 0.129 e. The largest absolute Gasteiger partial charge is 0.392 e. The zero-order chi connectivity index (χ0) is 13.8. The van der Waals surface area contributed by atoms with Gasteiger partial charge in [-0.2, -0.15) is 0 Å². The van der Waals surface area contributed by atoms with Crippen molar-refractivity contribution in [2.75, 3.05) is 18.0 Å². The van der Waals surface area contributed by atoms with Crippen molar-refractivity contribution in [2.24, 2.45) is 5.92 Å². The molecule has 1 N–H and O–H groups in total. The Bertz CT molecular complexity index is 409. The number of pyridine rings is 1. The van der Waals surface area contributed by atoms with Crippen LogP contribution in [0.4, 0.5) is 5.82 Å². The molecule has 1 fully saturated rings. The van der Waals surface area contributed by atoms with Gasteiger partial charge in [0.05, 0.1) is 6.61 Å². The highest BCUT2D eigenvalue weighted by Crippen LogP contribution is 2.26. The lowest BCUT2D eigenvalue weighted by molar-refractivity contribution is 0.281. The lowest BCUT2D eigenvalue weighted by Gasteiger charge is -2.33. The van der Waals surface area contributed by atoms with Gasteiger partial charge >= 0.3 is 0 Å². The number of nitrogens with zero attached hydrogens (tertiary/aromatic N) is 2. The van der Waals surface area contributed by atoms with Crippen LogP contribution in [0.3, 0.4) is 0 Å². The number of piperidine rings is 1. The van der Waals surface area contributed by atoms with Crippen LogP contribution in [-0.2, 0) is 6.61 Å². The predicted octanol–water partition coefficient (Wildman–Crippen LogP) is 3.32. The van der Waals surface area contributed by atoms with Gasteiger partial charge in [0.15, 0.2) is 0 Å². The summed E-state index contributed by atoms with van der Waals surface area (Å²) in [6.45, 7) is 8.87. The van der Waals surface area contributed by atoms with E-state index in [0.717, 1.165) is 36.1 Å². The molecule has 0 atom stereocenters. The quantitative estimate of drug-likeness (QED) is 0.904. The fraction of sp³-hybridized carbons (Fsp3) is 0.688. The van der Waals surface area contributed by atoms with E-state index >= 15 is 0 Å². The van der Waals surface area contributed by atoms with Crippen molar-refractivity contribution in [3.05, 3.63) is 23.4 Å². The minimum absolute atomic E-state index is 0.0979. The molecule has 0 unspecified atom stereocenters. The summed E-state index contributed by atoms with van der Waals surface area (Å²) in [6.07, 6.45) is 3.81. The van der Waals surface area contributed by atoms with Gasteiger partial charge in [-0.1, -0.05) is 27.2 Å². The first-order valence-corrected chi connectivity index (χ1v) is 7.50. The summed E-state index contributed by atoms with van der Waals surface area (Å²) >= 11 is 0. The lowest BCUT2D eigenvalue weighted by atomic mass is 9.94.